The van der Waals surface area contributed by atoms with E-state index in [0.29, 0.717) is 39.9 Å². The minimum Gasteiger partial charge on any atom is -0.265 e. The van der Waals surface area contributed by atoms with Crippen molar-refractivity contribution in [3.63, 3.8) is 0 Å². The molecular formula is C20H17Cl2N5O. The molecule has 0 aliphatic heterocycles. The zero-order valence-electron chi connectivity index (χ0n) is 15.1. The van der Waals surface area contributed by atoms with E-state index < -0.39 is 0 Å². The lowest BCUT2D eigenvalue weighted by molar-refractivity contribution is 0.582. The quantitative estimate of drug-likeness (QED) is 0.485. The van der Waals surface area contributed by atoms with E-state index in [4.69, 9.17) is 23.2 Å². The van der Waals surface area contributed by atoms with Crippen molar-refractivity contribution in [1.29, 1.82) is 0 Å². The summed E-state index contributed by atoms with van der Waals surface area (Å²) in [6, 6.07) is 14.6. The van der Waals surface area contributed by atoms with Crippen molar-refractivity contribution in [3.8, 4) is 11.3 Å². The molecule has 0 radical (unpaired) electrons. The third-order valence-corrected chi connectivity index (χ3v) is 4.92. The molecular weight excluding hydrogens is 397 g/mol. The van der Waals surface area contributed by atoms with Crippen molar-refractivity contribution in [3.05, 3.63) is 74.5 Å². The van der Waals surface area contributed by atoms with Gasteiger partial charge in [0.05, 0.1) is 6.54 Å². The highest BCUT2D eigenvalue weighted by atomic mass is 35.5. The molecule has 2 aromatic heterocycles. The van der Waals surface area contributed by atoms with Crippen LogP contribution >= 0.6 is 23.2 Å². The molecule has 0 unspecified atom stereocenters. The van der Waals surface area contributed by atoms with E-state index in [1.54, 1.807) is 28.9 Å². The van der Waals surface area contributed by atoms with E-state index in [9.17, 15) is 4.79 Å². The first-order valence-corrected chi connectivity index (χ1v) is 9.67. The lowest BCUT2D eigenvalue weighted by Gasteiger charge is -2.05. The SMILES string of the molecule is CCCn1nc(-c2ccc(Cl)cc2)c2nnn(Cc3ccc(Cl)cc3)c(=O)c21. The van der Waals surface area contributed by atoms with Gasteiger partial charge >= 0.3 is 0 Å². The van der Waals surface area contributed by atoms with Gasteiger partial charge in [-0.05, 0) is 36.2 Å². The van der Waals surface area contributed by atoms with Gasteiger partial charge in [0.2, 0.25) is 0 Å². The maximum atomic E-state index is 13.1. The lowest BCUT2D eigenvalue weighted by atomic mass is 10.1. The van der Waals surface area contributed by atoms with Gasteiger partial charge in [0.25, 0.3) is 5.56 Å². The molecule has 0 saturated carbocycles. The van der Waals surface area contributed by atoms with Crippen molar-refractivity contribution < 1.29 is 0 Å². The fourth-order valence-electron chi connectivity index (χ4n) is 3.06. The second-order valence-corrected chi connectivity index (χ2v) is 7.33. The van der Waals surface area contributed by atoms with Crippen LogP contribution in [-0.4, -0.2) is 24.8 Å². The Balaban J connectivity index is 1.84. The van der Waals surface area contributed by atoms with Crippen LogP contribution in [0.4, 0.5) is 0 Å². The van der Waals surface area contributed by atoms with Crippen LogP contribution in [0.5, 0.6) is 0 Å². The summed E-state index contributed by atoms with van der Waals surface area (Å²) >= 11 is 11.9. The normalized spacial score (nSPS) is 11.2. The standard InChI is InChI=1S/C20H17Cl2N5O/c1-2-11-26-19-18(17(24-26)14-5-9-16(22)10-6-14)23-25-27(20(19)28)12-13-3-7-15(21)8-4-13/h3-10H,2,11-12H2,1H3. The molecule has 4 rings (SSSR count). The summed E-state index contributed by atoms with van der Waals surface area (Å²) in [6.45, 7) is 2.97. The smallest absolute Gasteiger partial charge is 0.265 e. The highest BCUT2D eigenvalue weighted by molar-refractivity contribution is 6.30. The Bertz CT molecular complexity index is 1180. The van der Waals surface area contributed by atoms with Crippen molar-refractivity contribution in [1.82, 2.24) is 24.8 Å². The van der Waals surface area contributed by atoms with Gasteiger partial charge in [-0.15, -0.1) is 5.10 Å². The van der Waals surface area contributed by atoms with Crippen LogP contribution in [-0.2, 0) is 13.1 Å². The molecule has 0 fully saturated rings. The second-order valence-electron chi connectivity index (χ2n) is 6.45. The van der Waals surface area contributed by atoms with Crippen molar-refractivity contribution in [2.45, 2.75) is 26.4 Å². The molecule has 0 spiro atoms. The topological polar surface area (TPSA) is 65.6 Å². The van der Waals surface area contributed by atoms with Crippen LogP contribution in [0.25, 0.3) is 22.3 Å². The predicted molar refractivity (Wildman–Crippen MR) is 111 cm³/mol. The summed E-state index contributed by atoms with van der Waals surface area (Å²) in [5.41, 5.74) is 3.11. The fraction of sp³-hybridized carbons (Fsp3) is 0.200. The third kappa shape index (κ3) is 3.53. The van der Waals surface area contributed by atoms with Crippen LogP contribution in [0, 0.1) is 0 Å². The van der Waals surface area contributed by atoms with Crippen LogP contribution in [0.1, 0.15) is 18.9 Å². The molecule has 0 aliphatic carbocycles. The number of fused-ring (bicyclic) bond motifs is 1. The molecule has 4 aromatic rings. The second kappa shape index (κ2) is 7.73. The predicted octanol–water partition coefficient (Wildman–Crippen LogP) is 4.42. The van der Waals surface area contributed by atoms with E-state index in [1.807, 2.05) is 31.2 Å². The van der Waals surface area contributed by atoms with E-state index in [1.165, 1.54) is 4.68 Å². The molecule has 0 saturated heterocycles. The fourth-order valence-corrected chi connectivity index (χ4v) is 3.31. The molecule has 142 valence electrons. The Morgan fingerprint density at radius 3 is 2.21 bits per heavy atom. The summed E-state index contributed by atoms with van der Waals surface area (Å²) < 4.78 is 3.07. The van der Waals surface area contributed by atoms with Gasteiger partial charge in [-0.2, -0.15) is 5.10 Å². The number of aryl methyl sites for hydroxylation is 1. The first-order valence-electron chi connectivity index (χ1n) is 8.91. The minimum absolute atomic E-state index is 0.221. The zero-order valence-corrected chi connectivity index (χ0v) is 16.7. The molecule has 6 nitrogen and oxygen atoms in total. The Labute approximate surface area is 171 Å². The first kappa shape index (κ1) is 18.7. The molecule has 0 atom stereocenters. The van der Waals surface area contributed by atoms with Crippen molar-refractivity contribution in [2.24, 2.45) is 0 Å². The highest BCUT2D eigenvalue weighted by Crippen LogP contribution is 2.26. The Morgan fingerprint density at radius 2 is 1.57 bits per heavy atom. The molecule has 2 heterocycles. The average Bonchev–Trinajstić information content (AvgIpc) is 3.06. The zero-order chi connectivity index (χ0) is 19.7. The van der Waals surface area contributed by atoms with Crippen molar-refractivity contribution >= 4 is 34.2 Å². The molecule has 0 amide bonds. The van der Waals surface area contributed by atoms with Crippen LogP contribution in [0.15, 0.2) is 53.3 Å². The van der Waals surface area contributed by atoms with Gasteiger partial charge in [-0.25, -0.2) is 4.68 Å². The maximum absolute atomic E-state index is 13.1. The lowest BCUT2D eigenvalue weighted by Crippen LogP contribution is -2.26. The number of hydrogen-bond acceptors (Lipinski definition) is 4. The van der Waals surface area contributed by atoms with Crippen LogP contribution in [0.3, 0.4) is 0 Å². The Kier molecular flexibility index (Phi) is 5.15. The maximum Gasteiger partial charge on any atom is 0.296 e. The van der Waals surface area contributed by atoms with E-state index in [2.05, 4.69) is 15.4 Å². The van der Waals surface area contributed by atoms with Gasteiger partial charge in [0.1, 0.15) is 11.2 Å². The third-order valence-electron chi connectivity index (χ3n) is 4.42. The molecule has 28 heavy (non-hydrogen) atoms. The summed E-state index contributed by atoms with van der Waals surface area (Å²) in [6.07, 6.45) is 0.843. The molecule has 2 aromatic carbocycles. The first-order chi connectivity index (χ1) is 13.6. The van der Waals surface area contributed by atoms with Gasteiger partial charge in [-0.3, -0.25) is 9.48 Å². The van der Waals surface area contributed by atoms with E-state index in [-0.39, 0.29) is 5.56 Å². The number of rotatable bonds is 5. The minimum atomic E-state index is -0.221. The molecule has 8 heteroatoms. The number of halogens is 2. The van der Waals surface area contributed by atoms with Gasteiger partial charge < -0.3 is 0 Å². The van der Waals surface area contributed by atoms with Crippen molar-refractivity contribution in [2.75, 3.05) is 0 Å². The largest absolute Gasteiger partial charge is 0.296 e. The molecule has 0 aliphatic rings. The number of nitrogens with zero attached hydrogens (tertiary/aromatic N) is 5. The summed E-state index contributed by atoms with van der Waals surface area (Å²) in [5, 5.41) is 14.4. The Morgan fingerprint density at radius 1 is 0.929 bits per heavy atom. The Hall–Kier alpha value is -2.70. The number of hydrogen-bond donors (Lipinski definition) is 0. The summed E-state index contributed by atoms with van der Waals surface area (Å²) in [4.78, 5) is 13.1. The van der Waals surface area contributed by atoms with E-state index in [0.717, 1.165) is 17.5 Å². The average molecular weight is 414 g/mol. The molecule has 0 bridgehead atoms. The number of benzene rings is 2. The highest BCUT2D eigenvalue weighted by Gasteiger charge is 2.19. The molecule has 0 N–H and O–H groups in total. The van der Waals surface area contributed by atoms with E-state index >= 15 is 0 Å². The van der Waals surface area contributed by atoms with Gasteiger partial charge in [0, 0.05) is 22.2 Å². The summed E-state index contributed by atoms with van der Waals surface area (Å²) in [5.74, 6) is 0. The monoisotopic (exact) mass is 413 g/mol. The van der Waals surface area contributed by atoms with Gasteiger partial charge in [0.15, 0.2) is 5.52 Å². The van der Waals surface area contributed by atoms with Crippen LogP contribution in [0.2, 0.25) is 10.0 Å². The van der Waals surface area contributed by atoms with Gasteiger partial charge in [-0.1, -0.05) is 59.6 Å². The van der Waals surface area contributed by atoms with Crippen LogP contribution < -0.4 is 5.56 Å². The summed E-state index contributed by atoms with van der Waals surface area (Å²) in [7, 11) is 0. The number of aromatic nitrogens is 5.